The first-order valence-corrected chi connectivity index (χ1v) is 14.0. The van der Waals surface area contributed by atoms with Crippen LogP contribution in [0.3, 0.4) is 0 Å². The lowest BCUT2D eigenvalue weighted by molar-refractivity contribution is -0.0606. The molecule has 1 aliphatic heterocycles. The number of carbonyl (C=O) groups excluding carboxylic acids is 3. The van der Waals surface area contributed by atoms with Crippen molar-refractivity contribution in [1.82, 2.24) is 14.5 Å². The van der Waals surface area contributed by atoms with Gasteiger partial charge in [-0.25, -0.2) is 19.4 Å². The van der Waals surface area contributed by atoms with Crippen LogP contribution in [0.4, 0.5) is 8.78 Å². The zero-order valence-electron chi connectivity index (χ0n) is 23.1. The van der Waals surface area contributed by atoms with Crippen LogP contribution in [0.5, 0.6) is 0 Å². The number of halogens is 3. The molecule has 0 radical (unpaired) electrons. The van der Waals surface area contributed by atoms with Crippen LogP contribution in [0.1, 0.15) is 37.3 Å². The van der Waals surface area contributed by atoms with E-state index in [0.717, 1.165) is 10.9 Å². The monoisotopic (exact) mass is 633 g/mol. The lowest BCUT2D eigenvalue weighted by atomic mass is 10.1. The van der Waals surface area contributed by atoms with Crippen LogP contribution in [-0.2, 0) is 18.9 Å². The van der Waals surface area contributed by atoms with Gasteiger partial charge in [0.2, 0.25) is 11.9 Å². The van der Waals surface area contributed by atoms with Gasteiger partial charge in [-0.2, -0.15) is 13.8 Å². The zero-order chi connectivity index (χ0) is 31.5. The average Bonchev–Trinajstić information content (AvgIpc) is 3.66. The summed E-state index contributed by atoms with van der Waals surface area (Å²) in [5.41, 5.74) is -0.0312. The molecule has 1 aliphatic rings. The summed E-state index contributed by atoms with van der Waals surface area (Å²) in [6.07, 6.45) is -4.39. The van der Waals surface area contributed by atoms with E-state index in [2.05, 4.69) is 9.97 Å². The maximum Gasteiger partial charge on any atom is 0.338 e. The molecule has 1 fully saturated rings. The van der Waals surface area contributed by atoms with E-state index in [-0.39, 0.29) is 27.7 Å². The van der Waals surface area contributed by atoms with E-state index >= 15 is 4.39 Å². The van der Waals surface area contributed by atoms with E-state index in [9.17, 15) is 18.8 Å². The molecule has 5 aromatic rings. The summed E-state index contributed by atoms with van der Waals surface area (Å²) in [6, 6.07) is 24.1. The Hall–Kier alpha value is -5.20. The number of ether oxygens (including phenoxy) is 4. The Balaban J connectivity index is 1.40. The molecule has 2 aromatic heterocycles. The number of pyridine rings is 1. The minimum Gasteiger partial charge on any atom is -0.459 e. The summed E-state index contributed by atoms with van der Waals surface area (Å²) in [4.78, 5) is 46.6. The summed E-state index contributed by atoms with van der Waals surface area (Å²) < 4.78 is 53.8. The molecule has 45 heavy (non-hydrogen) atoms. The highest BCUT2D eigenvalue weighted by atomic mass is 35.5. The second-order valence-electron chi connectivity index (χ2n) is 9.86. The Morgan fingerprint density at radius 3 is 1.82 bits per heavy atom. The molecule has 0 amide bonds. The van der Waals surface area contributed by atoms with Crippen molar-refractivity contribution in [3.05, 3.63) is 131 Å². The molecule has 3 heterocycles. The van der Waals surface area contributed by atoms with Crippen LogP contribution in [0.25, 0.3) is 11.0 Å². The number of benzene rings is 3. The van der Waals surface area contributed by atoms with Crippen LogP contribution in [0.2, 0.25) is 5.02 Å². The van der Waals surface area contributed by atoms with E-state index in [0.29, 0.717) is 0 Å². The van der Waals surface area contributed by atoms with Crippen molar-refractivity contribution in [2.45, 2.75) is 24.5 Å². The molecule has 0 aliphatic carbocycles. The SMILES string of the molecule is O=C(OC[C@H]1O[C@@H](n2cnc3c(Cl)c(F)nc(F)c32)[C@H](OC(=O)c2ccccc2)[C@@H]1OC(=O)c1ccccc1)c1ccccc1. The highest BCUT2D eigenvalue weighted by Gasteiger charge is 2.52. The molecule has 0 N–H and O–H groups in total. The van der Waals surface area contributed by atoms with Gasteiger partial charge in [-0.15, -0.1) is 0 Å². The summed E-state index contributed by atoms with van der Waals surface area (Å²) in [5, 5.41) is -0.540. The number of nitrogens with zero attached hydrogens (tertiary/aromatic N) is 3. The molecule has 10 nitrogen and oxygen atoms in total. The van der Waals surface area contributed by atoms with E-state index < -0.39 is 66.0 Å². The van der Waals surface area contributed by atoms with Gasteiger partial charge in [-0.05, 0) is 36.4 Å². The predicted molar refractivity (Wildman–Crippen MR) is 154 cm³/mol. The largest absolute Gasteiger partial charge is 0.459 e. The lowest BCUT2D eigenvalue weighted by Crippen LogP contribution is -2.41. The van der Waals surface area contributed by atoms with Crippen molar-refractivity contribution in [3.63, 3.8) is 0 Å². The lowest BCUT2D eigenvalue weighted by Gasteiger charge is -2.25. The second kappa shape index (κ2) is 12.8. The molecule has 228 valence electrons. The number of carbonyl (C=O) groups is 3. The molecule has 0 unspecified atom stereocenters. The summed E-state index contributed by atoms with van der Waals surface area (Å²) in [6.45, 7) is -0.459. The third kappa shape index (κ3) is 6.10. The number of imidazole rings is 1. The Morgan fingerprint density at radius 1 is 0.756 bits per heavy atom. The zero-order valence-corrected chi connectivity index (χ0v) is 23.8. The summed E-state index contributed by atoms with van der Waals surface area (Å²) in [5.74, 6) is -4.84. The van der Waals surface area contributed by atoms with Gasteiger partial charge in [0.25, 0.3) is 0 Å². The molecule has 0 bridgehead atoms. The molecule has 13 heteroatoms. The maximum atomic E-state index is 15.1. The molecule has 0 saturated carbocycles. The summed E-state index contributed by atoms with van der Waals surface area (Å²) in [7, 11) is 0. The Labute approximate surface area is 259 Å². The fraction of sp³-hybridized carbons (Fsp3) is 0.156. The third-order valence-electron chi connectivity index (χ3n) is 7.03. The van der Waals surface area contributed by atoms with E-state index in [4.69, 9.17) is 30.5 Å². The molecule has 3 aromatic carbocycles. The van der Waals surface area contributed by atoms with Crippen molar-refractivity contribution in [2.24, 2.45) is 0 Å². The number of esters is 3. The molecule has 0 spiro atoms. The number of aromatic nitrogens is 3. The fourth-order valence-corrected chi connectivity index (χ4v) is 5.07. The van der Waals surface area contributed by atoms with Gasteiger partial charge >= 0.3 is 17.9 Å². The molecule has 6 rings (SSSR count). The van der Waals surface area contributed by atoms with Crippen molar-refractivity contribution in [3.8, 4) is 0 Å². The van der Waals surface area contributed by atoms with Crippen molar-refractivity contribution in [1.29, 1.82) is 0 Å². The van der Waals surface area contributed by atoms with Gasteiger partial charge in [-0.1, -0.05) is 66.2 Å². The van der Waals surface area contributed by atoms with Crippen LogP contribution >= 0.6 is 11.6 Å². The quantitative estimate of drug-likeness (QED) is 0.123. The van der Waals surface area contributed by atoms with Crippen molar-refractivity contribution in [2.75, 3.05) is 6.61 Å². The molecular weight excluding hydrogens is 612 g/mol. The Morgan fingerprint density at radius 2 is 1.27 bits per heavy atom. The van der Waals surface area contributed by atoms with E-state index in [1.54, 1.807) is 66.7 Å². The van der Waals surface area contributed by atoms with E-state index in [1.807, 2.05) is 0 Å². The van der Waals surface area contributed by atoms with Gasteiger partial charge in [0.15, 0.2) is 18.4 Å². The highest BCUT2D eigenvalue weighted by molar-refractivity contribution is 6.34. The minimum absolute atomic E-state index is 0.164. The number of hydrogen-bond donors (Lipinski definition) is 0. The van der Waals surface area contributed by atoms with E-state index in [1.165, 1.54) is 24.3 Å². The van der Waals surface area contributed by atoms with Gasteiger partial charge in [-0.3, -0.25) is 4.57 Å². The molecule has 4 atom stereocenters. The second-order valence-corrected chi connectivity index (χ2v) is 10.2. The van der Waals surface area contributed by atoms with Crippen LogP contribution < -0.4 is 0 Å². The first-order chi connectivity index (χ1) is 21.8. The van der Waals surface area contributed by atoms with Crippen LogP contribution in [0.15, 0.2) is 97.3 Å². The average molecular weight is 634 g/mol. The molecular formula is C32H22ClF2N3O7. The number of rotatable bonds is 8. The van der Waals surface area contributed by atoms with Crippen LogP contribution in [-0.4, -0.2) is 57.4 Å². The topological polar surface area (TPSA) is 119 Å². The first kappa shape index (κ1) is 29.9. The smallest absolute Gasteiger partial charge is 0.338 e. The van der Waals surface area contributed by atoms with Gasteiger partial charge < -0.3 is 18.9 Å². The van der Waals surface area contributed by atoms with Crippen molar-refractivity contribution >= 4 is 40.5 Å². The standard InChI is InChI=1S/C32H22ClF2N3O7/c33-22-23-24(28(35)37-27(22)34)38(17-36-23)29-26(45-32(41)20-14-8-3-9-15-20)25(44-31(40)19-12-6-2-7-13-19)21(43-29)16-42-30(39)18-10-4-1-5-11-18/h1-15,17,21,25-26,29H,16H2/t21-,25-,26-,29-/m1/s1. The normalized spacial score (nSPS) is 19.3. The minimum atomic E-state index is -1.45. The third-order valence-corrected chi connectivity index (χ3v) is 7.36. The first-order valence-electron chi connectivity index (χ1n) is 13.6. The Kier molecular flexibility index (Phi) is 8.49. The fourth-order valence-electron chi connectivity index (χ4n) is 4.89. The number of fused-ring (bicyclic) bond motifs is 1. The predicted octanol–water partition coefficient (Wildman–Crippen LogP) is 5.57. The van der Waals surface area contributed by atoms with Gasteiger partial charge in [0, 0.05) is 0 Å². The summed E-state index contributed by atoms with van der Waals surface area (Å²) >= 11 is 6.02. The van der Waals surface area contributed by atoms with Gasteiger partial charge in [0.05, 0.1) is 23.0 Å². The number of hydrogen-bond acceptors (Lipinski definition) is 9. The van der Waals surface area contributed by atoms with Crippen molar-refractivity contribution < 1.29 is 42.1 Å². The highest BCUT2D eigenvalue weighted by Crippen LogP contribution is 2.38. The molecule has 1 saturated heterocycles. The maximum absolute atomic E-state index is 15.1. The van der Waals surface area contributed by atoms with Gasteiger partial charge in [0.1, 0.15) is 28.8 Å². The Bertz CT molecular complexity index is 1860. The van der Waals surface area contributed by atoms with Crippen LogP contribution in [0, 0.1) is 11.9 Å².